The Kier molecular flexibility index (Phi) is 13.5. The molecule has 6 rings (SSSR count). The van der Waals surface area contributed by atoms with E-state index in [4.69, 9.17) is 11.5 Å². The smallest absolute Gasteiger partial charge is 0.744 e. The quantitative estimate of drug-likeness (QED) is 0.0316. The molecule has 0 heterocycles. The Morgan fingerprint density at radius 2 is 1.15 bits per heavy atom. The molecule has 6 aromatic rings. The van der Waals surface area contributed by atoms with Crippen LogP contribution in [0.3, 0.4) is 0 Å². The Hall–Kier alpha value is -3.62. The normalized spacial score (nSPS) is 11.7. The van der Waals surface area contributed by atoms with Gasteiger partial charge in [0.15, 0.2) is 0 Å². The molecule has 0 saturated heterocycles. The summed E-state index contributed by atoms with van der Waals surface area (Å²) < 4.78 is 38.9. The summed E-state index contributed by atoms with van der Waals surface area (Å²) >= 11 is 0.650. The third-order valence-electron chi connectivity index (χ3n) is 7.84. The maximum atomic E-state index is 11.5. The van der Waals surface area contributed by atoms with Gasteiger partial charge in [-0.2, -0.15) is 14.6 Å². The van der Waals surface area contributed by atoms with Crippen LogP contribution in [-0.2, 0) is 19.5 Å². The number of azo groups is 2. The molecule has 0 amide bonds. The van der Waals surface area contributed by atoms with E-state index in [1.54, 1.807) is 24.3 Å². The van der Waals surface area contributed by atoms with E-state index >= 15 is 0 Å². The van der Waals surface area contributed by atoms with Crippen molar-refractivity contribution in [3.05, 3.63) is 96.1 Å². The van der Waals surface area contributed by atoms with E-state index < -0.39 is 20.8 Å². The number of aryl methyl sites for hydroxylation is 2. The van der Waals surface area contributed by atoms with E-state index in [0.29, 0.717) is 44.8 Å². The predicted molar refractivity (Wildman–Crippen MR) is 186 cm³/mol. The number of nitrogens with two attached hydrogens (primary N) is 2. The fourth-order valence-electron chi connectivity index (χ4n) is 5.39. The van der Waals surface area contributed by atoms with Crippen LogP contribution in [0.2, 0.25) is 0 Å². The molecule has 0 radical (unpaired) electrons. The van der Waals surface area contributed by atoms with Crippen molar-refractivity contribution >= 4 is 77.8 Å². The number of aromatic hydroxyl groups is 2. The van der Waals surface area contributed by atoms with Crippen LogP contribution in [0.4, 0.5) is 34.1 Å². The average Bonchev–Trinajstić information content (AvgIpc) is 3.07. The predicted octanol–water partition coefficient (Wildman–Crippen LogP) is 1.83. The number of anilines is 2. The molecular weight excluding hydrogens is 731 g/mol. The molecule has 6 N–H and O–H groups in total. The molecule has 6 aromatic carbocycles. The van der Waals surface area contributed by atoms with Crippen molar-refractivity contribution < 1.29 is 96.9 Å². The summed E-state index contributed by atoms with van der Waals surface area (Å²) in [7, 11) is -4.79. The summed E-state index contributed by atoms with van der Waals surface area (Å²) in [6, 6.07) is 22.6. The van der Waals surface area contributed by atoms with E-state index in [9.17, 15) is 28.4 Å². The number of hydrogen-bond donors (Lipinski definition) is 4. The summed E-state index contributed by atoms with van der Waals surface area (Å²) in [5, 5.41) is 53.7. The topological polar surface area (TPSA) is 241 Å². The van der Waals surface area contributed by atoms with Gasteiger partial charge in [0.25, 0.3) is 0 Å². The molecule has 0 aliphatic heterocycles. The Morgan fingerprint density at radius 1 is 0.673 bits per heavy atom. The van der Waals surface area contributed by atoms with Gasteiger partial charge in [-0.15, -0.1) is 10.2 Å². The molecule has 0 unspecified atom stereocenters. The van der Waals surface area contributed by atoms with Crippen LogP contribution >= 0.6 is 12.0 Å². The summed E-state index contributed by atoms with van der Waals surface area (Å²) in [4.78, 5) is -0.138. The van der Waals surface area contributed by atoms with Crippen molar-refractivity contribution in [3.63, 3.8) is 0 Å². The summed E-state index contributed by atoms with van der Waals surface area (Å²) in [5.41, 5.74) is 17.7. The van der Waals surface area contributed by atoms with Crippen LogP contribution in [0.15, 0.2) is 115 Å². The minimum absolute atomic E-state index is 0. The van der Waals surface area contributed by atoms with Gasteiger partial charge in [0, 0.05) is 4.90 Å². The van der Waals surface area contributed by atoms with Crippen molar-refractivity contribution in [2.45, 2.75) is 23.6 Å². The van der Waals surface area contributed by atoms with Crippen molar-refractivity contribution in [2.24, 2.45) is 20.5 Å². The molecule has 0 fully saturated rings. The van der Waals surface area contributed by atoms with E-state index in [-0.39, 0.29) is 92.7 Å². The Labute approximate surface area is 346 Å². The second-order valence-electron chi connectivity index (χ2n) is 11.2. The molecule has 14 nitrogen and oxygen atoms in total. The number of rotatable bonds is 9. The Morgan fingerprint density at radius 3 is 1.62 bits per heavy atom. The molecule has 0 aromatic heterocycles. The zero-order chi connectivity index (χ0) is 35.7. The van der Waals surface area contributed by atoms with Crippen molar-refractivity contribution in [1.82, 2.24) is 0 Å². The monoisotopic (exact) mass is 756 g/mol. The number of hydrogen-bond acceptors (Lipinski definition) is 15. The van der Waals surface area contributed by atoms with Gasteiger partial charge in [-0.25, -0.2) is 8.42 Å². The molecule has 0 spiro atoms. The number of phenols is 2. The van der Waals surface area contributed by atoms with Gasteiger partial charge in [-0.05, 0) is 108 Å². The third kappa shape index (κ3) is 8.77. The summed E-state index contributed by atoms with van der Waals surface area (Å²) in [5.74, 6) is -0.591. The first-order valence-electron chi connectivity index (χ1n) is 14.6. The van der Waals surface area contributed by atoms with Gasteiger partial charge in [0.2, 0.25) is 0 Å². The molecule has 0 aliphatic rings. The number of phenolic OH excluding ortho intramolecular Hbond substituents is 2. The molecule has 0 saturated carbocycles. The average molecular weight is 757 g/mol. The molecule has 0 bridgehead atoms. The summed E-state index contributed by atoms with van der Waals surface area (Å²) in [6.07, 6.45) is 0. The van der Waals surface area contributed by atoms with Gasteiger partial charge < -0.3 is 31.5 Å². The molecular formula is C34H26N6Na2O8S2. The van der Waals surface area contributed by atoms with Crippen LogP contribution in [0.5, 0.6) is 11.5 Å². The first-order chi connectivity index (χ1) is 23.8. The van der Waals surface area contributed by atoms with Gasteiger partial charge in [0.05, 0.1) is 50.5 Å². The van der Waals surface area contributed by atoms with E-state index in [0.717, 1.165) is 34.4 Å². The number of fused-ring (bicyclic) bond motifs is 2. The maximum absolute atomic E-state index is 11.5. The fraction of sp³-hybridized carbons (Fsp3) is 0.0588. The van der Waals surface area contributed by atoms with Crippen LogP contribution in [0.25, 0.3) is 32.7 Å². The second kappa shape index (κ2) is 17.0. The third-order valence-corrected chi connectivity index (χ3v) is 9.20. The van der Waals surface area contributed by atoms with E-state index in [1.807, 2.05) is 44.2 Å². The minimum atomic E-state index is -4.79. The molecule has 0 aliphatic carbocycles. The second-order valence-corrected chi connectivity index (χ2v) is 13.3. The van der Waals surface area contributed by atoms with E-state index in [1.165, 1.54) is 18.2 Å². The van der Waals surface area contributed by atoms with Crippen molar-refractivity contribution in [1.29, 1.82) is 0 Å². The van der Waals surface area contributed by atoms with Crippen LogP contribution < -0.4 is 75.8 Å². The molecule has 0 atom stereocenters. The maximum Gasteiger partial charge on any atom is 1.00 e. The molecule has 254 valence electrons. The Balaban J connectivity index is 0.00000302. The molecule has 52 heavy (non-hydrogen) atoms. The minimum Gasteiger partial charge on any atom is -0.744 e. The van der Waals surface area contributed by atoms with Gasteiger partial charge in [-0.1, -0.05) is 24.3 Å². The van der Waals surface area contributed by atoms with Crippen LogP contribution in [0.1, 0.15) is 11.1 Å². The van der Waals surface area contributed by atoms with Gasteiger partial charge in [0.1, 0.15) is 33.0 Å². The zero-order valence-corrected chi connectivity index (χ0v) is 33.8. The number of nitrogen functional groups attached to an aromatic ring is 2. The molecule has 18 heteroatoms. The first-order valence-corrected chi connectivity index (χ1v) is 16.7. The number of nitrogens with zero attached hydrogens (tertiary/aromatic N) is 4. The van der Waals surface area contributed by atoms with Gasteiger partial charge >= 0.3 is 59.1 Å². The van der Waals surface area contributed by atoms with Gasteiger partial charge in [-0.3, -0.25) is 5.04 Å². The van der Waals surface area contributed by atoms with Crippen molar-refractivity contribution in [3.8, 4) is 22.6 Å². The van der Waals surface area contributed by atoms with Crippen molar-refractivity contribution in [2.75, 3.05) is 11.5 Å². The van der Waals surface area contributed by atoms with Crippen LogP contribution in [0, 0.1) is 13.8 Å². The first kappa shape index (κ1) is 41.1. The standard InChI is InChI=1S/C34H28N6O8S2.2Na/c1-17-11-19(5-9-27(17)37-39-33-25(35)7-3-21-13-23(49-48-47-43)15-29(41)31(21)33)20-6-10-28(18(2)12-20)38-40-34-26(36)8-4-22-14-24(50(44,45)46)16-30(42)32(22)34;;/h3-16,41-43H,35-36H2,1-2H3,(H,44,45,46);;/q;2*+1/p-2. The SMILES string of the molecule is Cc1cc(-c2ccc(N=Nc3c(N)ccc4cc(S(=O)(=O)[O-])cc(O)c34)c(C)c2)ccc1N=Nc1c(N)ccc2cc(SOO[O-])cc(O)c12.[Na+].[Na+]. The summed E-state index contributed by atoms with van der Waals surface area (Å²) in [6.45, 7) is 3.75. The largest absolute Gasteiger partial charge is 1.00 e. The number of benzene rings is 6. The zero-order valence-electron chi connectivity index (χ0n) is 28.2. The van der Waals surface area contributed by atoms with E-state index in [2.05, 4.69) is 29.8 Å². The Bertz CT molecular complexity index is 2500. The fourth-order valence-corrected chi connectivity index (χ4v) is 6.36. The van der Waals surface area contributed by atoms with Crippen LogP contribution in [-0.4, -0.2) is 23.2 Å².